The van der Waals surface area contributed by atoms with Crippen molar-refractivity contribution < 1.29 is 19.7 Å². The summed E-state index contributed by atoms with van der Waals surface area (Å²) in [4.78, 5) is 10.3. The Balaban J connectivity index is 2.50. The Bertz CT molecular complexity index is 319. The van der Waals surface area contributed by atoms with Gasteiger partial charge >= 0.3 is 5.97 Å². The standard InChI is InChI=1S/C13H20O4/c1-3-10-5-6-12(17-10)11(14)8-9(2)4-7-13(15)16/h4,7-8,10-12,14H,3,5-6H2,1-2H3,(H,15,16)/b7-4+,9-8+/t10-,11+,12+/m1/s1. The molecule has 1 fully saturated rings. The first-order valence-electron chi connectivity index (χ1n) is 5.96. The van der Waals surface area contributed by atoms with Crippen LogP contribution in [-0.2, 0) is 9.53 Å². The number of carboxylic acids is 1. The van der Waals surface area contributed by atoms with Crippen molar-refractivity contribution in [1.82, 2.24) is 0 Å². The first-order valence-corrected chi connectivity index (χ1v) is 5.96. The summed E-state index contributed by atoms with van der Waals surface area (Å²) in [7, 11) is 0. The summed E-state index contributed by atoms with van der Waals surface area (Å²) in [5.74, 6) is -0.990. The van der Waals surface area contributed by atoms with Crippen molar-refractivity contribution >= 4 is 5.97 Å². The minimum Gasteiger partial charge on any atom is -0.478 e. The van der Waals surface area contributed by atoms with Crippen LogP contribution in [0.25, 0.3) is 0 Å². The fourth-order valence-electron chi connectivity index (χ4n) is 1.92. The molecule has 0 spiro atoms. The first kappa shape index (κ1) is 13.9. The van der Waals surface area contributed by atoms with Crippen molar-refractivity contribution in [3.8, 4) is 0 Å². The average molecular weight is 240 g/mol. The molecule has 0 saturated carbocycles. The number of rotatable bonds is 5. The number of hydrogen-bond acceptors (Lipinski definition) is 3. The number of allylic oxidation sites excluding steroid dienone is 2. The number of hydrogen-bond donors (Lipinski definition) is 2. The Morgan fingerprint density at radius 1 is 1.47 bits per heavy atom. The highest BCUT2D eigenvalue weighted by molar-refractivity contribution is 5.80. The number of aliphatic carboxylic acids is 1. The SMILES string of the molecule is CC[C@@H]1CC[C@@H]([C@@H](O)/C=C(C)/C=C/C(=O)O)O1. The van der Waals surface area contributed by atoms with E-state index in [1.807, 2.05) is 0 Å². The molecule has 1 aliphatic rings. The molecular weight excluding hydrogens is 220 g/mol. The minimum absolute atomic E-state index is 0.159. The van der Waals surface area contributed by atoms with Gasteiger partial charge in [-0.3, -0.25) is 0 Å². The number of aliphatic hydroxyl groups is 1. The van der Waals surface area contributed by atoms with Crippen LogP contribution in [0.15, 0.2) is 23.8 Å². The zero-order valence-electron chi connectivity index (χ0n) is 10.3. The van der Waals surface area contributed by atoms with Gasteiger partial charge in [0.1, 0.15) is 0 Å². The van der Waals surface area contributed by atoms with E-state index in [0.717, 1.165) is 30.9 Å². The lowest BCUT2D eigenvalue weighted by atomic mass is 10.1. The van der Waals surface area contributed by atoms with Gasteiger partial charge in [-0.05, 0) is 26.2 Å². The van der Waals surface area contributed by atoms with Crippen LogP contribution in [-0.4, -0.2) is 34.5 Å². The molecule has 0 aromatic heterocycles. The number of carbonyl (C=O) groups is 1. The van der Waals surface area contributed by atoms with Gasteiger partial charge in [0, 0.05) is 6.08 Å². The molecule has 0 bridgehead atoms. The maximum Gasteiger partial charge on any atom is 0.328 e. The minimum atomic E-state index is -0.990. The monoisotopic (exact) mass is 240 g/mol. The molecule has 0 radical (unpaired) electrons. The van der Waals surface area contributed by atoms with Crippen LogP contribution in [0.1, 0.15) is 33.1 Å². The van der Waals surface area contributed by atoms with Gasteiger partial charge in [-0.15, -0.1) is 0 Å². The molecule has 1 rings (SSSR count). The molecule has 1 saturated heterocycles. The van der Waals surface area contributed by atoms with Crippen molar-refractivity contribution in [2.24, 2.45) is 0 Å². The van der Waals surface area contributed by atoms with Crippen LogP contribution >= 0.6 is 0 Å². The van der Waals surface area contributed by atoms with Gasteiger partial charge in [0.05, 0.1) is 18.3 Å². The van der Waals surface area contributed by atoms with Crippen LogP contribution < -0.4 is 0 Å². The van der Waals surface area contributed by atoms with Gasteiger partial charge in [0.15, 0.2) is 0 Å². The van der Waals surface area contributed by atoms with Gasteiger partial charge in [-0.25, -0.2) is 4.79 Å². The Hall–Kier alpha value is -1.13. The highest BCUT2D eigenvalue weighted by Crippen LogP contribution is 2.25. The van der Waals surface area contributed by atoms with E-state index in [1.54, 1.807) is 13.0 Å². The van der Waals surface area contributed by atoms with E-state index in [0.29, 0.717) is 0 Å². The van der Waals surface area contributed by atoms with Crippen LogP contribution in [0.4, 0.5) is 0 Å². The van der Waals surface area contributed by atoms with E-state index < -0.39 is 12.1 Å². The van der Waals surface area contributed by atoms with E-state index in [9.17, 15) is 9.90 Å². The molecule has 1 heterocycles. The summed E-state index contributed by atoms with van der Waals surface area (Å²) >= 11 is 0. The van der Waals surface area contributed by atoms with E-state index in [-0.39, 0.29) is 12.2 Å². The number of aliphatic hydroxyl groups excluding tert-OH is 1. The molecule has 17 heavy (non-hydrogen) atoms. The van der Waals surface area contributed by atoms with Gasteiger partial charge in [-0.1, -0.05) is 24.6 Å². The molecular formula is C13H20O4. The Labute approximate surface area is 102 Å². The molecule has 0 aromatic rings. The molecule has 0 amide bonds. The summed E-state index contributed by atoms with van der Waals surface area (Å²) < 4.78 is 5.66. The normalized spacial score (nSPS) is 27.6. The molecule has 4 nitrogen and oxygen atoms in total. The summed E-state index contributed by atoms with van der Waals surface area (Å²) in [5.41, 5.74) is 0.725. The molecule has 96 valence electrons. The van der Waals surface area contributed by atoms with E-state index >= 15 is 0 Å². The van der Waals surface area contributed by atoms with Crippen LogP contribution in [0, 0.1) is 0 Å². The van der Waals surface area contributed by atoms with Gasteiger partial charge in [0.2, 0.25) is 0 Å². The van der Waals surface area contributed by atoms with Crippen molar-refractivity contribution in [2.45, 2.75) is 51.4 Å². The lowest BCUT2D eigenvalue weighted by Crippen LogP contribution is -2.24. The average Bonchev–Trinajstić information content (AvgIpc) is 2.74. The number of ether oxygens (including phenoxy) is 1. The van der Waals surface area contributed by atoms with Crippen LogP contribution in [0.2, 0.25) is 0 Å². The van der Waals surface area contributed by atoms with Gasteiger partial charge in [0.25, 0.3) is 0 Å². The predicted octanol–water partition coefficient (Wildman–Crippen LogP) is 1.89. The number of carboxylic acid groups (broad SMARTS) is 1. The summed E-state index contributed by atoms with van der Waals surface area (Å²) in [6, 6.07) is 0. The zero-order valence-corrected chi connectivity index (χ0v) is 10.3. The molecule has 2 N–H and O–H groups in total. The fraction of sp³-hybridized carbons (Fsp3) is 0.615. The van der Waals surface area contributed by atoms with Gasteiger partial charge < -0.3 is 14.9 Å². The Morgan fingerprint density at radius 3 is 2.71 bits per heavy atom. The smallest absolute Gasteiger partial charge is 0.328 e. The maximum absolute atomic E-state index is 10.3. The lowest BCUT2D eigenvalue weighted by molar-refractivity contribution is -0.131. The highest BCUT2D eigenvalue weighted by Gasteiger charge is 2.28. The third kappa shape index (κ3) is 4.71. The quantitative estimate of drug-likeness (QED) is 0.569. The van der Waals surface area contributed by atoms with E-state index in [2.05, 4.69) is 6.92 Å². The van der Waals surface area contributed by atoms with Crippen molar-refractivity contribution in [3.05, 3.63) is 23.8 Å². The molecule has 4 heteroatoms. The molecule has 0 unspecified atom stereocenters. The summed E-state index contributed by atoms with van der Waals surface area (Å²) in [5, 5.41) is 18.4. The third-order valence-corrected chi connectivity index (χ3v) is 2.90. The molecule has 0 aliphatic carbocycles. The molecule has 0 aromatic carbocycles. The predicted molar refractivity (Wildman–Crippen MR) is 64.7 cm³/mol. The van der Waals surface area contributed by atoms with Crippen LogP contribution in [0.5, 0.6) is 0 Å². The first-order chi connectivity index (χ1) is 8.02. The molecule has 3 atom stereocenters. The fourth-order valence-corrected chi connectivity index (χ4v) is 1.92. The second-order valence-corrected chi connectivity index (χ2v) is 4.35. The Kier molecular flexibility index (Phi) is 5.38. The Morgan fingerprint density at radius 2 is 2.18 bits per heavy atom. The van der Waals surface area contributed by atoms with E-state index in [4.69, 9.17) is 9.84 Å². The lowest BCUT2D eigenvalue weighted by Gasteiger charge is -2.16. The summed E-state index contributed by atoms with van der Waals surface area (Å²) in [6.07, 6.45) is 6.40. The molecule has 1 aliphatic heterocycles. The van der Waals surface area contributed by atoms with Crippen LogP contribution in [0.3, 0.4) is 0 Å². The summed E-state index contributed by atoms with van der Waals surface area (Å²) in [6.45, 7) is 3.82. The second-order valence-electron chi connectivity index (χ2n) is 4.35. The zero-order chi connectivity index (χ0) is 12.8. The van der Waals surface area contributed by atoms with Crippen molar-refractivity contribution in [2.75, 3.05) is 0 Å². The van der Waals surface area contributed by atoms with E-state index in [1.165, 1.54) is 6.08 Å². The third-order valence-electron chi connectivity index (χ3n) is 2.90. The topological polar surface area (TPSA) is 66.8 Å². The van der Waals surface area contributed by atoms with Crippen molar-refractivity contribution in [1.29, 1.82) is 0 Å². The maximum atomic E-state index is 10.3. The largest absolute Gasteiger partial charge is 0.478 e. The van der Waals surface area contributed by atoms with Crippen molar-refractivity contribution in [3.63, 3.8) is 0 Å². The van der Waals surface area contributed by atoms with Gasteiger partial charge in [-0.2, -0.15) is 0 Å². The highest BCUT2D eigenvalue weighted by atomic mass is 16.5. The second kappa shape index (κ2) is 6.57.